The second-order valence-corrected chi connectivity index (χ2v) is 5.42. The number of nitrogens with one attached hydrogen (secondary N) is 1. The third-order valence-electron chi connectivity index (χ3n) is 4.02. The van der Waals surface area contributed by atoms with Crippen LogP contribution in [-0.4, -0.2) is 31.8 Å². The molecule has 0 spiro atoms. The van der Waals surface area contributed by atoms with Gasteiger partial charge in [-0.3, -0.25) is 0 Å². The third kappa shape index (κ3) is 2.14. The standard InChI is InChI=1S/C14H18N2O3/c1-18-13(17)10-2-3-11(15)12(4-10)16-8-14-5-9(6-14)7-19-14/h2-4,9,16H,5-8,15H2,1H3. The van der Waals surface area contributed by atoms with Crippen LogP contribution in [0.25, 0.3) is 0 Å². The van der Waals surface area contributed by atoms with Crippen molar-refractivity contribution in [1.29, 1.82) is 0 Å². The lowest BCUT2D eigenvalue weighted by molar-refractivity contribution is 0.0145. The molecule has 2 bridgehead atoms. The van der Waals surface area contributed by atoms with E-state index in [0.717, 1.165) is 37.6 Å². The number of anilines is 2. The molecule has 5 heteroatoms. The minimum Gasteiger partial charge on any atom is -0.465 e. The van der Waals surface area contributed by atoms with E-state index in [1.807, 2.05) is 0 Å². The molecule has 1 aliphatic carbocycles. The highest BCUT2D eigenvalue weighted by atomic mass is 16.5. The number of methoxy groups -OCH3 is 1. The number of hydrogen-bond donors (Lipinski definition) is 2. The topological polar surface area (TPSA) is 73.6 Å². The number of carbonyl (C=O) groups excluding carboxylic acids is 1. The summed E-state index contributed by atoms with van der Waals surface area (Å²) in [5, 5.41) is 3.29. The number of benzene rings is 1. The third-order valence-corrected chi connectivity index (χ3v) is 4.02. The first-order valence-corrected chi connectivity index (χ1v) is 6.47. The van der Waals surface area contributed by atoms with Crippen molar-refractivity contribution in [3.05, 3.63) is 23.8 Å². The summed E-state index contributed by atoms with van der Waals surface area (Å²) in [6.45, 7) is 1.61. The maximum atomic E-state index is 11.5. The fourth-order valence-electron chi connectivity index (χ4n) is 2.93. The molecule has 4 rings (SSSR count). The molecule has 0 atom stereocenters. The van der Waals surface area contributed by atoms with Crippen LogP contribution in [0.5, 0.6) is 0 Å². The second kappa shape index (κ2) is 4.42. The molecule has 3 N–H and O–H groups in total. The molecule has 1 aromatic rings. The van der Waals surface area contributed by atoms with Crippen LogP contribution in [0.15, 0.2) is 18.2 Å². The van der Waals surface area contributed by atoms with Gasteiger partial charge in [-0.2, -0.15) is 0 Å². The van der Waals surface area contributed by atoms with Crippen molar-refractivity contribution < 1.29 is 14.3 Å². The van der Waals surface area contributed by atoms with Gasteiger partial charge in [0.25, 0.3) is 0 Å². The van der Waals surface area contributed by atoms with Gasteiger partial charge >= 0.3 is 5.97 Å². The molecule has 3 aliphatic rings. The van der Waals surface area contributed by atoms with E-state index in [1.54, 1.807) is 18.2 Å². The summed E-state index contributed by atoms with van der Waals surface area (Å²) in [6, 6.07) is 5.10. The number of carbonyl (C=O) groups is 1. The molecule has 19 heavy (non-hydrogen) atoms. The van der Waals surface area contributed by atoms with Gasteiger partial charge in [-0.25, -0.2) is 4.79 Å². The summed E-state index contributed by atoms with van der Waals surface area (Å²) < 4.78 is 10.5. The molecule has 0 unspecified atom stereocenters. The minimum atomic E-state index is -0.359. The number of nitrogen functional groups attached to an aromatic ring is 1. The van der Waals surface area contributed by atoms with Crippen LogP contribution in [0.2, 0.25) is 0 Å². The molecule has 2 saturated heterocycles. The van der Waals surface area contributed by atoms with E-state index in [4.69, 9.17) is 15.2 Å². The van der Waals surface area contributed by atoms with Crippen molar-refractivity contribution >= 4 is 17.3 Å². The predicted octanol–water partition coefficient (Wildman–Crippen LogP) is 1.65. The van der Waals surface area contributed by atoms with Gasteiger partial charge in [0, 0.05) is 6.54 Å². The lowest BCUT2D eigenvalue weighted by atomic mass is 9.74. The molecular weight excluding hydrogens is 244 g/mol. The van der Waals surface area contributed by atoms with Crippen molar-refractivity contribution in [3.63, 3.8) is 0 Å². The average Bonchev–Trinajstić information content (AvgIpc) is 2.97. The normalized spacial score (nSPS) is 27.7. The number of hydrogen-bond acceptors (Lipinski definition) is 5. The molecule has 5 nitrogen and oxygen atoms in total. The zero-order chi connectivity index (χ0) is 13.5. The number of nitrogens with two attached hydrogens (primary N) is 1. The fourth-order valence-corrected chi connectivity index (χ4v) is 2.93. The van der Waals surface area contributed by atoms with Gasteiger partial charge in [0.15, 0.2) is 0 Å². The number of esters is 1. The fraction of sp³-hybridized carbons (Fsp3) is 0.500. The lowest BCUT2D eigenvalue weighted by Crippen LogP contribution is -2.43. The second-order valence-electron chi connectivity index (χ2n) is 5.42. The summed E-state index contributed by atoms with van der Waals surface area (Å²) in [7, 11) is 1.37. The minimum absolute atomic E-state index is 0.0155. The van der Waals surface area contributed by atoms with Crippen LogP contribution < -0.4 is 11.1 Å². The predicted molar refractivity (Wildman–Crippen MR) is 72.1 cm³/mol. The molecule has 1 saturated carbocycles. The van der Waals surface area contributed by atoms with Gasteiger partial charge in [-0.05, 0) is 37.0 Å². The van der Waals surface area contributed by atoms with E-state index in [9.17, 15) is 4.79 Å². The Balaban J connectivity index is 1.71. The Morgan fingerprint density at radius 1 is 1.58 bits per heavy atom. The highest BCUT2D eigenvalue weighted by molar-refractivity contribution is 5.91. The molecule has 102 valence electrons. The Morgan fingerprint density at radius 2 is 2.37 bits per heavy atom. The van der Waals surface area contributed by atoms with Crippen LogP contribution in [0, 0.1) is 5.92 Å². The molecular formula is C14H18N2O3. The van der Waals surface area contributed by atoms with Crippen LogP contribution in [-0.2, 0) is 9.47 Å². The number of rotatable bonds is 4. The maximum Gasteiger partial charge on any atom is 0.337 e. The summed E-state index contributed by atoms with van der Waals surface area (Å²) in [5.41, 5.74) is 7.78. The first-order chi connectivity index (χ1) is 9.12. The van der Waals surface area contributed by atoms with Gasteiger partial charge < -0.3 is 20.5 Å². The molecule has 0 amide bonds. The first kappa shape index (κ1) is 12.3. The van der Waals surface area contributed by atoms with Crippen molar-refractivity contribution in [2.75, 3.05) is 31.3 Å². The van der Waals surface area contributed by atoms with E-state index < -0.39 is 0 Å². The molecule has 2 heterocycles. The van der Waals surface area contributed by atoms with Crippen LogP contribution >= 0.6 is 0 Å². The molecule has 3 fully saturated rings. The maximum absolute atomic E-state index is 11.5. The van der Waals surface area contributed by atoms with Crippen LogP contribution in [0.3, 0.4) is 0 Å². The van der Waals surface area contributed by atoms with Gasteiger partial charge in [0.05, 0.1) is 36.3 Å². The van der Waals surface area contributed by atoms with Crippen molar-refractivity contribution in [1.82, 2.24) is 0 Å². The van der Waals surface area contributed by atoms with Gasteiger partial charge in [-0.15, -0.1) is 0 Å². The lowest BCUT2D eigenvalue weighted by Gasteiger charge is -2.36. The Kier molecular flexibility index (Phi) is 2.86. The summed E-state index contributed by atoms with van der Waals surface area (Å²) in [4.78, 5) is 11.5. The largest absolute Gasteiger partial charge is 0.465 e. The highest BCUT2D eigenvalue weighted by Gasteiger charge is 2.51. The Bertz CT molecular complexity index is 504. The van der Waals surface area contributed by atoms with Crippen LogP contribution in [0.4, 0.5) is 11.4 Å². The van der Waals surface area contributed by atoms with Crippen molar-refractivity contribution in [2.45, 2.75) is 18.4 Å². The van der Waals surface area contributed by atoms with Crippen molar-refractivity contribution in [3.8, 4) is 0 Å². The summed E-state index contributed by atoms with van der Waals surface area (Å²) in [5.74, 6) is 0.377. The van der Waals surface area contributed by atoms with Gasteiger partial charge in [0.2, 0.25) is 0 Å². The van der Waals surface area contributed by atoms with Gasteiger partial charge in [-0.1, -0.05) is 0 Å². The molecule has 2 aliphatic heterocycles. The Hall–Kier alpha value is -1.75. The Morgan fingerprint density at radius 3 is 3.00 bits per heavy atom. The number of fused-ring (bicyclic) bond motifs is 1. The molecule has 0 aromatic heterocycles. The van der Waals surface area contributed by atoms with Crippen molar-refractivity contribution in [2.24, 2.45) is 5.92 Å². The summed E-state index contributed by atoms with van der Waals surface area (Å²) in [6.07, 6.45) is 2.24. The molecule has 0 radical (unpaired) electrons. The number of ether oxygens (including phenoxy) is 2. The summed E-state index contributed by atoms with van der Waals surface area (Å²) >= 11 is 0. The SMILES string of the molecule is COC(=O)c1ccc(N)c(NCC23CC(CO2)C3)c1. The average molecular weight is 262 g/mol. The zero-order valence-electron chi connectivity index (χ0n) is 10.9. The van der Waals surface area contributed by atoms with E-state index in [1.165, 1.54) is 7.11 Å². The first-order valence-electron chi connectivity index (χ1n) is 6.47. The van der Waals surface area contributed by atoms with E-state index >= 15 is 0 Å². The quantitative estimate of drug-likeness (QED) is 0.637. The van der Waals surface area contributed by atoms with E-state index in [2.05, 4.69) is 5.32 Å². The Labute approximate surface area is 112 Å². The van der Waals surface area contributed by atoms with E-state index in [-0.39, 0.29) is 11.6 Å². The smallest absolute Gasteiger partial charge is 0.337 e. The van der Waals surface area contributed by atoms with Gasteiger partial charge in [0.1, 0.15) is 0 Å². The molecule has 1 aromatic carbocycles. The monoisotopic (exact) mass is 262 g/mol. The highest BCUT2D eigenvalue weighted by Crippen LogP contribution is 2.48. The van der Waals surface area contributed by atoms with E-state index in [0.29, 0.717) is 11.3 Å². The van der Waals surface area contributed by atoms with Crippen LogP contribution in [0.1, 0.15) is 23.2 Å². The zero-order valence-corrected chi connectivity index (χ0v) is 10.9.